The number of fused-ring (bicyclic) bond motifs is 14. The molecule has 14 rings (SSSR count). The van der Waals surface area contributed by atoms with Gasteiger partial charge in [0.25, 0.3) is 0 Å². The molecule has 3 aliphatic rings. The minimum absolute atomic E-state index is 0.0208. The quantitative estimate of drug-likeness (QED) is 0.177. The van der Waals surface area contributed by atoms with Crippen LogP contribution in [-0.2, 0) is 10.8 Å². The Bertz CT molecular complexity index is 3790. The summed E-state index contributed by atoms with van der Waals surface area (Å²) in [5.41, 5.74) is 21.0. The highest BCUT2D eigenvalue weighted by Gasteiger charge is 2.46. The molecule has 0 saturated heterocycles. The molecule has 3 aliphatic carbocycles. The maximum atomic E-state index is 6.33. The highest BCUT2D eigenvalue weighted by Crippen LogP contribution is 2.60. The summed E-state index contributed by atoms with van der Waals surface area (Å²) >= 11 is 1.85. The lowest BCUT2D eigenvalue weighted by molar-refractivity contribution is 0.353. The van der Waals surface area contributed by atoms with E-state index in [-0.39, 0.29) is 10.8 Å². The first kappa shape index (κ1) is 37.3. The molecule has 0 bridgehead atoms. The van der Waals surface area contributed by atoms with Gasteiger partial charge in [-0.15, -0.1) is 11.3 Å². The molecule has 3 nitrogen and oxygen atoms in total. The van der Waals surface area contributed by atoms with Gasteiger partial charge in [0.15, 0.2) is 5.82 Å². The van der Waals surface area contributed by atoms with Gasteiger partial charge in [0.1, 0.15) is 11.2 Å². The normalized spacial score (nSPS) is 15.5. The molecule has 1 fully saturated rings. The maximum Gasteiger partial charge on any atom is 0.160 e. The highest BCUT2D eigenvalue weighted by atomic mass is 32.1. The summed E-state index contributed by atoms with van der Waals surface area (Å²) in [6, 6.07) is 62.6. The number of para-hydroxylation sites is 1. The molecule has 11 aromatic rings. The van der Waals surface area contributed by atoms with E-state index in [0.717, 1.165) is 50.0 Å². The molecule has 0 amide bonds. The van der Waals surface area contributed by atoms with Gasteiger partial charge in [-0.3, -0.25) is 0 Å². The van der Waals surface area contributed by atoms with Crippen molar-refractivity contribution in [3.05, 3.63) is 192 Å². The van der Waals surface area contributed by atoms with Crippen molar-refractivity contribution in [2.75, 3.05) is 0 Å². The zero-order chi connectivity index (χ0) is 43.0. The zero-order valence-electron chi connectivity index (χ0n) is 36.4. The van der Waals surface area contributed by atoms with E-state index in [0.29, 0.717) is 5.82 Å². The van der Waals surface area contributed by atoms with Gasteiger partial charge >= 0.3 is 0 Å². The number of hydrogen-bond donors (Lipinski definition) is 0. The van der Waals surface area contributed by atoms with Crippen LogP contribution in [0.3, 0.4) is 0 Å². The molecular weight excluding hydrogens is 809 g/mol. The van der Waals surface area contributed by atoms with Gasteiger partial charge < -0.3 is 4.42 Å². The Balaban J connectivity index is 0.886. The number of aromatic nitrogens is 2. The lowest BCUT2D eigenvalue weighted by atomic mass is 9.67. The summed E-state index contributed by atoms with van der Waals surface area (Å²) < 4.78 is 8.85. The van der Waals surface area contributed by atoms with Crippen LogP contribution >= 0.6 is 11.3 Å². The molecule has 0 aliphatic heterocycles. The number of thiophene rings is 1. The fourth-order valence-electron chi connectivity index (χ4n) is 12.1. The van der Waals surface area contributed by atoms with Crippen molar-refractivity contribution in [3.63, 3.8) is 0 Å². The second-order valence-corrected chi connectivity index (χ2v) is 20.2. The average molecular weight is 853 g/mol. The van der Waals surface area contributed by atoms with Crippen LogP contribution in [0.15, 0.2) is 174 Å². The van der Waals surface area contributed by atoms with Gasteiger partial charge in [0, 0.05) is 58.5 Å². The third-order valence-corrected chi connectivity index (χ3v) is 16.5. The number of hydrogen-bond acceptors (Lipinski definition) is 4. The SMILES string of the molecule is CC1(C)c2ccccc2-c2cc3c(cc21)-c1ccc(-c2ccc4sc5c(-c6cc(-c7ccc8c(c7)oc7ccccc78)nc(-c7ccccc7)n6)cccc5c4c2)cc1C31CCCCC1. The van der Waals surface area contributed by atoms with Gasteiger partial charge in [-0.05, 0) is 123 Å². The Hall–Kier alpha value is -7.14. The van der Waals surface area contributed by atoms with Crippen molar-refractivity contribution in [2.45, 2.75) is 56.8 Å². The molecular formula is C61H44N2OS. The van der Waals surface area contributed by atoms with Crippen LogP contribution in [0.1, 0.15) is 68.2 Å². The van der Waals surface area contributed by atoms with E-state index in [9.17, 15) is 0 Å². The Kier molecular flexibility index (Phi) is 7.84. The molecule has 8 aromatic carbocycles. The summed E-state index contributed by atoms with van der Waals surface area (Å²) in [6.07, 6.45) is 6.28. The largest absolute Gasteiger partial charge is 0.456 e. The molecule has 0 atom stereocenters. The smallest absolute Gasteiger partial charge is 0.160 e. The Morgan fingerprint density at radius 2 is 1.11 bits per heavy atom. The van der Waals surface area contributed by atoms with Crippen molar-refractivity contribution >= 4 is 53.4 Å². The topological polar surface area (TPSA) is 38.9 Å². The predicted octanol–water partition coefficient (Wildman–Crippen LogP) is 16.9. The fourth-order valence-corrected chi connectivity index (χ4v) is 13.3. The molecule has 0 unspecified atom stereocenters. The van der Waals surface area contributed by atoms with Gasteiger partial charge in [0.2, 0.25) is 0 Å². The van der Waals surface area contributed by atoms with Crippen LogP contribution < -0.4 is 0 Å². The summed E-state index contributed by atoms with van der Waals surface area (Å²) in [7, 11) is 0. The lowest BCUT2D eigenvalue weighted by Gasteiger charge is -2.36. The van der Waals surface area contributed by atoms with E-state index in [4.69, 9.17) is 14.4 Å². The lowest BCUT2D eigenvalue weighted by Crippen LogP contribution is -2.28. The van der Waals surface area contributed by atoms with Crippen LogP contribution in [0.25, 0.3) is 109 Å². The first-order chi connectivity index (χ1) is 31.9. The number of benzene rings is 8. The fraction of sp³-hybridized carbons (Fsp3) is 0.148. The van der Waals surface area contributed by atoms with E-state index in [2.05, 4.69) is 166 Å². The maximum absolute atomic E-state index is 6.33. The van der Waals surface area contributed by atoms with E-state index in [1.807, 2.05) is 29.5 Å². The predicted molar refractivity (Wildman–Crippen MR) is 271 cm³/mol. The standard InChI is InChI=1S/C61H44N2OS/c1-60(2)49-20-9-7-16-40(49)46-34-52-47(33-50(46)60)41-25-22-38(31-51(41)61(52)28-11-4-12-29-61)37-24-27-57-48(30-37)44-18-13-19-45(58(44)65-57)54-35-53(62-59(63-54)36-14-5-3-6-15-36)39-23-26-43-42-17-8-10-21-55(42)64-56(43)32-39/h3,5-10,13-27,30-35H,4,11-12,28-29H2,1-2H3. The minimum atomic E-state index is -0.0208. The van der Waals surface area contributed by atoms with E-state index in [1.54, 1.807) is 5.56 Å². The minimum Gasteiger partial charge on any atom is -0.456 e. The van der Waals surface area contributed by atoms with Crippen molar-refractivity contribution in [1.29, 1.82) is 0 Å². The molecule has 4 heteroatoms. The summed E-state index contributed by atoms with van der Waals surface area (Å²) in [4.78, 5) is 10.5. The van der Waals surface area contributed by atoms with Crippen molar-refractivity contribution in [3.8, 4) is 67.3 Å². The number of furan rings is 1. The van der Waals surface area contributed by atoms with Crippen LogP contribution in [0.2, 0.25) is 0 Å². The molecule has 0 N–H and O–H groups in total. The van der Waals surface area contributed by atoms with Crippen LogP contribution in [0, 0.1) is 0 Å². The molecule has 1 saturated carbocycles. The van der Waals surface area contributed by atoms with E-state index in [1.165, 1.54) is 102 Å². The average Bonchev–Trinajstić information content (AvgIpc) is 4.06. The van der Waals surface area contributed by atoms with Gasteiger partial charge in [-0.25, -0.2) is 9.97 Å². The van der Waals surface area contributed by atoms with E-state index < -0.39 is 0 Å². The van der Waals surface area contributed by atoms with Crippen LogP contribution in [0.5, 0.6) is 0 Å². The molecule has 1 spiro atoms. The second kappa shape index (κ2) is 13.7. The molecule has 0 radical (unpaired) electrons. The number of rotatable bonds is 4. The van der Waals surface area contributed by atoms with Gasteiger partial charge in [-0.1, -0.05) is 148 Å². The first-order valence-electron chi connectivity index (χ1n) is 23.2. The first-order valence-corrected chi connectivity index (χ1v) is 24.0. The summed E-state index contributed by atoms with van der Waals surface area (Å²) in [6.45, 7) is 4.81. The molecule has 3 heterocycles. The highest BCUT2D eigenvalue weighted by molar-refractivity contribution is 7.26. The molecule has 65 heavy (non-hydrogen) atoms. The summed E-state index contributed by atoms with van der Waals surface area (Å²) in [5, 5.41) is 4.76. The van der Waals surface area contributed by atoms with Crippen LogP contribution in [0.4, 0.5) is 0 Å². The third kappa shape index (κ3) is 5.41. The van der Waals surface area contributed by atoms with Crippen molar-refractivity contribution in [2.24, 2.45) is 0 Å². The second-order valence-electron chi connectivity index (χ2n) is 19.1. The monoisotopic (exact) mass is 852 g/mol. The van der Waals surface area contributed by atoms with Crippen molar-refractivity contribution in [1.82, 2.24) is 9.97 Å². The van der Waals surface area contributed by atoms with Gasteiger partial charge in [0.05, 0.1) is 11.4 Å². The third-order valence-electron chi connectivity index (χ3n) is 15.3. The zero-order valence-corrected chi connectivity index (χ0v) is 37.2. The Labute approximate surface area is 382 Å². The summed E-state index contributed by atoms with van der Waals surface area (Å²) in [5.74, 6) is 0.704. The Morgan fingerprint density at radius 3 is 2.02 bits per heavy atom. The number of nitrogens with zero attached hydrogens (tertiary/aromatic N) is 2. The van der Waals surface area contributed by atoms with Crippen LogP contribution in [-0.4, -0.2) is 9.97 Å². The van der Waals surface area contributed by atoms with Gasteiger partial charge in [-0.2, -0.15) is 0 Å². The van der Waals surface area contributed by atoms with Crippen molar-refractivity contribution < 1.29 is 4.42 Å². The van der Waals surface area contributed by atoms with E-state index >= 15 is 0 Å². The molecule has 310 valence electrons. The molecule has 3 aromatic heterocycles. The Morgan fingerprint density at radius 1 is 0.431 bits per heavy atom.